The molecule has 2 nitrogen and oxygen atoms in total. The van der Waals surface area contributed by atoms with Crippen LogP contribution in [-0.4, -0.2) is 4.98 Å². The number of aryl methyl sites for hydroxylation is 3. The van der Waals surface area contributed by atoms with Gasteiger partial charge >= 0.3 is 0 Å². The summed E-state index contributed by atoms with van der Waals surface area (Å²) in [7, 11) is 0. The van der Waals surface area contributed by atoms with E-state index in [1.807, 2.05) is 18.3 Å². The van der Waals surface area contributed by atoms with Crippen LogP contribution in [0.25, 0.3) is 10.9 Å². The van der Waals surface area contributed by atoms with Crippen molar-refractivity contribution in [1.82, 2.24) is 4.98 Å². The van der Waals surface area contributed by atoms with Crippen molar-refractivity contribution in [2.45, 2.75) is 20.8 Å². The minimum Gasteiger partial charge on any atom is -0.354 e. The minimum atomic E-state index is 1.02. The van der Waals surface area contributed by atoms with Gasteiger partial charge in [0.05, 0.1) is 11.2 Å². The molecule has 0 fully saturated rings. The summed E-state index contributed by atoms with van der Waals surface area (Å²) >= 11 is 0. The summed E-state index contributed by atoms with van der Waals surface area (Å²) in [5.41, 5.74) is 7.02. The molecule has 0 amide bonds. The number of aromatic nitrogens is 1. The fourth-order valence-electron chi connectivity index (χ4n) is 2.54. The van der Waals surface area contributed by atoms with Crippen LogP contribution in [0.15, 0.2) is 48.7 Å². The minimum absolute atomic E-state index is 1.02. The average molecular weight is 262 g/mol. The van der Waals surface area contributed by atoms with Crippen LogP contribution in [-0.2, 0) is 0 Å². The van der Waals surface area contributed by atoms with Gasteiger partial charge in [0.2, 0.25) is 0 Å². The molecule has 1 aromatic heterocycles. The van der Waals surface area contributed by atoms with Gasteiger partial charge in [-0.15, -0.1) is 0 Å². The second kappa shape index (κ2) is 4.97. The number of hydrogen-bond acceptors (Lipinski definition) is 2. The molecule has 0 atom stereocenters. The normalized spacial score (nSPS) is 10.8. The van der Waals surface area contributed by atoms with Gasteiger partial charge in [-0.1, -0.05) is 36.4 Å². The number of rotatable bonds is 2. The number of benzene rings is 2. The lowest BCUT2D eigenvalue weighted by Gasteiger charge is -2.16. The molecule has 0 aliphatic carbocycles. The Morgan fingerprint density at radius 1 is 0.750 bits per heavy atom. The van der Waals surface area contributed by atoms with Gasteiger partial charge in [-0.2, -0.15) is 0 Å². The predicted molar refractivity (Wildman–Crippen MR) is 85.7 cm³/mol. The maximum atomic E-state index is 4.49. The van der Waals surface area contributed by atoms with E-state index in [9.17, 15) is 0 Å². The molecule has 0 bridgehead atoms. The third-order valence-electron chi connectivity index (χ3n) is 3.70. The lowest BCUT2D eigenvalue weighted by Crippen LogP contribution is -1.99. The monoisotopic (exact) mass is 262 g/mol. The zero-order chi connectivity index (χ0) is 14.1. The molecular weight excluding hydrogens is 244 g/mol. The van der Waals surface area contributed by atoms with Crippen molar-refractivity contribution in [3.05, 3.63) is 65.4 Å². The molecule has 0 saturated heterocycles. The number of para-hydroxylation sites is 2. The van der Waals surface area contributed by atoms with E-state index in [4.69, 9.17) is 0 Å². The first-order valence-corrected chi connectivity index (χ1v) is 6.84. The molecule has 3 aromatic rings. The Bertz CT molecular complexity index is 755. The fourth-order valence-corrected chi connectivity index (χ4v) is 2.54. The van der Waals surface area contributed by atoms with Crippen LogP contribution in [0, 0.1) is 20.8 Å². The summed E-state index contributed by atoms with van der Waals surface area (Å²) in [4.78, 5) is 4.49. The first-order chi connectivity index (χ1) is 9.66. The molecular formula is C18H18N2. The van der Waals surface area contributed by atoms with Crippen LogP contribution in [0.4, 0.5) is 11.4 Å². The summed E-state index contributed by atoms with van der Waals surface area (Å²) < 4.78 is 0. The third-order valence-corrected chi connectivity index (χ3v) is 3.70. The number of hydrogen-bond donors (Lipinski definition) is 1. The maximum absolute atomic E-state index is 4.49. The van der Waals surface area contributed by atoms with Crippen molar-refractivity contribution in [1.29, 1.82) is 0 Å². The second-order valence-corrected chi connectivity index (χ2v) is 5.23. The molecule has 20 heavy (non-hydrogen) atoms. The molecule has 2 aromatic carbocycles. The summed E-state index contributed by atoms with van der Waals surface area (Å²) in [6.45, 7) is 6.36. The van der Waals surface area contributed by atoms with Crippen molar-refractivity contribution in [2.24, 2.45) is 0 Å². The van der Waals surface area contributed by atoms with Crippen LogP contribution in [0.1, 0.15) is 16.7 Å². The van der Waals surface area contributed by atoms with Gasteiger partial charge in [0.25, 0.3) is 0 Å². The number of nitrogens with one attached hydrogen (secondary N) is 1. The standard InChI is InChI=1S/C18H18N2/c1-12-7-6-8-13(2)17(12)20-18-14(3)11-19-16-10-5-4-9-15(16)18/h4-11H,1-3H3,(H,19,20). The number of fused-ring (bicyclic) bond motifs is 1. The summed E-state index contributed by atoms with van der Waals surface area (Å²) in [5.74, 6) is 0. The molecule has 2 heteroatoms. The Hall–Kier alpha value is -2.35. The molecule has 0 spiro atoms. The molecule has 0 aliphatic rings. The summed E-state index contributed by atoms with van der Waals surface area (Å²) in [5, 5.41) is 4.77. The predicted octanol–water partition coefficient (Wildman–Crippen LogP) is 4.90. The Labute approximate surface area is 119 Å². The lowest BCUT2D eigenvalue weighted by molar-refractivity contribution is 1.31. The highest BCUT2D eigenvalue weighted by molar-refractivity contribution is 5.94. The number of nitrogens with zero attached hydrogens (tertiary/aromatic N) is 1. The van der Waals surface area contributed by atoms with Crippen molar-refractivity contribution >= 4 is 22.3 Å². The van der Waals surface area contributed by atoms with Crippen LogP contribution in [0.3, 0.4) is 0 Å². The first-order valence-electron chi connectivity index (χ1n) is 6.84. The van der Waals surface area contributed by atoms with Gasteiger partial charge in [0.1, 0.15) is 0 Å². The van der Waals surface area contributed by atoms with E-state index >= 15 is 0 Å². The third kappa shape index (κ3) is 2.14. The molecule has 1 heterocycles. The van der Waals surface area contributed by atoms with Crippen molar-refractivity contribution in [3.63, 3.8) is 0 Å². The Morgan fingerprint density at radius 3 is 2.20 bits per heavy atom. The zero-order valence-corrected chi connectivity index (χ0v) is 12.1. The van der Waals surface area contributed by atoms with E-state index in [1.54, 1.807) is 0 Å². The lowest BCUT2D eigenvalue weighted by atomic mass is 10.1. The van der Waals surface area contributed by atoms with Gasteiger partial charge in [-0.3, -0.25) is 4.98 Å². The highest BCUT2D eigenvalue weighted by Gasteiger charge is 2.08. The van der Waals surface area contributed by atoms with Crippen LogP contribution in [0.5, 0.6) is 0 Å². The SMILES string of the molecule is Cc1cccc(C)c1Nc1c(C)cnc2ccccc12. The Balaban J connectivity index is 2.18. The summed E-state index contributed by atoms with van der Waals surface area (Å²) in [6.07, 6.45) is 1.93. The van der Waals surface area contributed by atoms with Gasteiger partial charge in [-0.25, -0.2) is 0 Å². The Morgan fingerprint density at radius 2 is 1.45 bits per heavy atom. The van der Waals surface area contributed by atoms with Crippen LogP contribution >= 0.6 is 0 Å². The smallest absolute Gasteiger partial charge is 0.0723 e. The Kier molecular flexibility index (Phi) is 3.15. The quantitative estimate of drug-likeness (QED) is 0.710. The molecule has 1 N–H and O–H groups in total. The topological polar surface area (TPSA) is 24.9 Å². The number of pyridine rings is 1. The molecule has 0 radical (unpaired) electrons. The first kappa shape index (κ1) is 12.7. The molecule has 0 unspecified atom stereocenters. The van der Waals surface area contributed by atoms with Gasteiger partial charge in [0.15, 0.2) is 0 Å². The maximum Gasteiger partial charge on any atom is 0.0723 e. The highest BCUT2D eigenvalue weighted by Crippen LogP contribution is 2.31. The van der Waals surface area contributed by atoms with Crippen molar-refractivity contribution in [2.75, 3.05) is 5.32 Å². The highest BCUT2D eigenvalue weighted by atomic mass is 14.9. The van der Waals surface area contributed by atoms with Crippen LogP contribution in [0.2, 0.25) is 0 Å². The molecule has 3 rings (SSSR count). The fraction of sp³-hybridized carbons (Fsp3) is 0.167. The van der Waals surface area contributed by atoms with Crippen molar-refractivity contribution in [3.8, 4) is 0 Å². The van der Waals surface area contributed by atoms with E-state index in [0.29, 0.717) is 0 Å². The van der Waals surface area contributed by atoms with Crippen molar-refractivity contribution < 1.29 is 0 Å². The van der Waals surface area contributed by atoms with E-state index in [0.717, 1.165) is 22.2 Å². The number of anilines is 2. The van der Waals surface area contributed by atoms with Crippen LogP contribution < -0.4 is 5.32 Å². The van der Waals surface area contributed by atoms with E-state index in [2.05, 4.69) is 61.4 Å². The second-order valence-electron chi connectivity index (χ2n) is 5.23. The van der Waals surface area contributed by atoms with Gasteiger partial charge in [0, 0.05) is 17.3 Å². The van der Waals surface area contributed by atoms with E-state index in [-0.39, 0.29) is 0 Å². The van der Waals surface area contributed by atoms with Gasteiger partial charge in [-0.05, 0) is 43.5 Å². The largest absolute Gasteiger partial charge is 0.354 e. The van der Waals surface area contributed by atoms with E-state index in [1.165, 1.54) is 16.8 Å². The van der Waals surface area contributed by atoms with E-state index < -0.39 is 0 Å². The molecule has 0 saturated carbocycles. The summed E-state index contributed by atoms with van der Waals surface area (Å²) in [6, 6.07) is 14.6. The van der Waals surface area contributed by atoms with Gasteiger partial charge < -0.3 is 5.32 Å². The average Bonchev–Trinajstić information content (AvgIpc) is 2.45. The molecule has 100 valence electrons. The molecule has 0 aliphatic heterocycles. The zero-order valence-electron chi connectivity index (χ0n) is 12.1.